The molecule has 1 fully saturated rings. The fourth-order valence-corrected chi connectivity index (χ4v) is 5.14. The van der Waals surface area contributed by atoms with E-state index in [1.165, 1.54) is 5.56 Å². The van der Waals surface area contributed by atoms with Gasteiger partial charge in [0.15, 0.2) is 0 Å². The molecule has 0 aromatic heterocycles. The van der Waals surface area contributed by atoms with Crippen molar-refractivity contribution in [2.75, 3.05) is 38.1 Å². The second-order valence-electron chi connectivity index (χ2n) is 9.84. The summed E-state index contributed by atoms with van der Waals surface area (Å²) in [6.07, 6.45) is 5.48. The molecule has 0 saturated carbocycles. The normalized spacial score (nSPS) is 19.2. The van der Waals surface area contributed by atoms with E-state index in [1.54, 1.807) is 0 Å². The Morgan fingerprint density at radius 3 is 2.71 bits per heavy atom. The van der Waals surface area contributed by atoms with Crippen molar-refractivity contribution in [3.63, 3.8) is 0 Å². The molecule has 2 amide bonds. The van der Waals surface area contributed by atoms with E-state index in [4.69, 9.17) is 4.74 Å². The molecular formula is C28H37N3O3. The molecule has 0 aliphatic carbocycles. The van der Waals surface area contributed by atoms with Gasteiger partial charge in [-0.1, -0.05) is 36.8 Å². The fraction of sp³-hybridized carbons (Fsp3) is 0.500. The third kappa shape index (κ3) is 5.98. The number of benzene rings is 2. The minimum atomic E-state index is -0.348. The topological polar surface area (TPSA) is 70.7 Å². The van der Waals surface area contributed by atoms with Crippen molar-refractivity contribution in [3.8, 4) is 5.75 Å². The first-order valence-corrected chi connectivity index (χ1v) is 12.5. The molecule has 0 atom stereocenters. The summed E-state index contributed by atoms with van der Waals surface area (Å²) >= 11 is 0. The van der Waals surface area contributed by atoms with Gasteiger partial charge in [-0.3, -0.25) is 14.5 Å². The average molecular weight is 464 g/mol. The first-order chi connectivity index (χ1) is 16.4. The second kappa shape index (κ2) is 11.0. The molecule has 4 rings (SSSR count). The number of hydrogen-bond donors (Lipinski definition) is 2. The van der Waals surface area contributed by atoms with Crippen molar-refractivity contribution in [1.82, 2.24) is 10.2 Å². The van der Waals surface area contributed by atoms with Crippen LogP contribution in [0.2, 0.25) is 0 Å². The summed E-state index contributed by atoms with van der Waals surface area (Å²) in [6, 6.07) is 14.3. The maximum absolute atomic E-state index is 13.2. The van der Waals surface area contributed by atoms with Gasteiger partial charge in [0.1, 0.15) is 12.4 Å². The van der Waals surface area contributed by atoms with Crippen LogP contribution in [0.3, 0.4) is 0 Å². The highest BCUT2D eigenvalue weighted by molar-refractivity contribution is 5.93. The zero-order valence-electron chi connectivity index (χ0n) is 20.5. The van der Waals surface area contributed by atoms with Gasteiger partial charge in [0.25, 0.3) is 0 Å². The molecule has 6 nitrogen and oxygen atoms in total. The zero-order valence-corrected chi connectivity index (χ0v) is 20.5. The number of likely N-dealkylation sites (tertiary alicyclic amines) is 1. The van der Waals surface area contributed by atoms with Crippen molar-refractivity contribution >= 4 is 17.5 Å². The molecule has 2 heterocycles. The van der Waals surface area contributed by atoms with Gasteiger partial charge in [0, 0.05) is 5.69 Å². The lowest BCUT2D eigenvalue weighted by Gasteiger charge is -2.40. The monoisotopic (exact) mass is 463 g/mol. The zero-order chi connectivity index (χ0) is 24.0. The van der Waals surface area contributed by atoms with Gasteiger partial charge in [-0.2, -0.15) is 0 Å². The highest BCUT2D eigenvalue weighted by Gasteiger charge is 2.40. The number of para-hydroxylation sites is 1. The Kier molecular flexibility index (Phi) is 7.88. The Hall–Kier alpha value is -2.86. The molecule has 2 aliphatic rings. The molecule has 1 saturated heterocycles. The molecule has 34 heavy (non-hydrogen) atoms. The number of nitrogens with zero attached hydrogens (tertiary/aromatic N) is 1. The highest BCUT2D eigenvalue weighted by Crippen LogP contribution is 2.37. The quantitative estimate of drug-likeness (QED) is 0.714. The number of aryl methyl sites for hydroxylation is 3. The van der Waals surface area contributed by atoms with Gasteiger partial charge in [-0.15, -0.1) is 0 Å². The van der Waals surface area contributed by atoms with Gasteiger partial charge in [-0.05, 0) is 87.9 Å². The summed E-state index contributed by atoms with van der Waals surface area (Å²) in [5.74, 6) is 1.08. The molecule has 6 heteroatoms. The van der Waals surface area contributed by atoms with E-state index in [2.05, 4.69) is 27.7 Å². The Morgan fingerprint density at radius 2 is 1.88 bits per heavy atom. The van der Waals surface area contributed by atoms with Crippen molar-refractivity contribution in [2.45, 2.75) is 52.4 Å². The Labute approximate surface area is 203 Å². The summed E-state index contributed by atoms with van der Waals surface area (Å²) in [5, 5.41) is 6.19. The molecule has 0 unspecified atom stereocenters. The van der Waals surface area contributed by atoms with Gasteiger partial charge in [0.2, 0.25) is 11.8 Å². The van der Waals surface area contributed by atoms with Crippen LogP contribution in [0.1, 0.15) is 48.8 Å². The van der Waals surface area contributed by atoms with Crippen LogP contribution in [-0.4, -0.2) is 49.5 Å². The van der Waals surface area contributed by atoms with Crippen LogP contribution >= 0.6 is 0 Å². The molecule has 182 valence electrons. The maximum Gasteiger partial charge on any atom is 0.238 e. The van der Waals surface area contributed by atoms with Gasteiger partial charge in [0.05, 0.1) is 18.5 Å². The fourth-order valence-electron chi connectivity index (χ4n) is 5.14. The number of carbonyl (C=O) groups is 2. The first kappa shape index (κ1) is 24.3. The van der Waals surface area contributed by atoms with Crippen LogP contribution in [0.15, 0.2) is 42.5 Å². The minimum absolute atomic E-state index is 0.00334. The number of carbonyl (C=O) groups excluding carboxylic acids is 2. The number of piperidine rings is 1. The van der Waals surface area contributed by atoms with Crippen LogP contribution < -0.4 is 15.4 Å². The van der Waals surface area contributed by atoms with Crippen molar-refractivity contribution < 1.29 is 14.3 Å². The molecule has 2 aromatic rings. The van der Waals surface area contributed by atoms with Gasteiger partial charge >= 0.3 is 0 Å². The summed E-state index contributed by atoms with van der Waals surface area (Å²) in [7, 11) is 0. The average Bonchev–Trinajstić information content (AvgIpc) is 2.83. The van der Waals surface area contributed by atoms with Crippen LogP contribution in [0, 0.1) is 19.3 Å². The number of fused-ring (bicyclic) bond motifs is 1. The summed E-state index contributed by atoms with van der Waals surface area (Å²) in [5.41, 5.74) is 3.96. The summed E-state index contributed by atoms with van der Waals surface area (Å²) in [4.78, 5) is 28.1. The van der Waals surface area contributed by atoms with E-state index in [0.29, 0.717) is 19.7 Å². The van der Waals surface area contributed by atoms with Crippen LogP contribution in [0.5, 0.6) is 5.75 Å². The van der Waals surface area contributed by atoms with E-state index in [-0.39, 0.29) is 17.2 Å². The van der Waals surface area contributed by atoms with E-state index < -0.39 is 0 Å². The molecule has 2 aromatic carbocycles. The molecule has 2 aliphatic heterocycles. The second-order valence-corrected chi connectivity index (χ2v) is 9.84. The lowest BCUT2D eigenvalue weighted by Crippen LogP contribution is -2.50. The Morgan fingerprint density at radius 1 is 1.09 bits per heavy atom. The Bertz CT molecular complexity index is 1010. The third-order valence-electron chi connectivity index (χ3n) is 7.30. The smallest absolute Gasteiger partial charge is 0.238 e. The number of hydrogen-bond acceptors (Lipinski definition) is 4. The summed E-state index contributed by atoms with van der Waals surface area (Å²) in [6.45, 7) is 6.89. The van der Waals surface area contributed by atoms with Crippen LogP contribution in [0.25, 0.3) is 0 Å². The Balaban J connectivity index is 1.33. The van der Waals surface area contributed by atoms with Crippen LogP contribution in [0.4, 0.5) is 5.69 Å². The standard InChI is InChI=1S/C28H37N3O3/c1-21-10-11-22(2)24(19-21)30-26(32)20-31-16-13-28(14-17-31)12-6-5-8-23-7-3-4-9-25(23)34-18-15-29-27(28)33/h3-4,7,9-11,19H,5-6,8,12-18,20H2,1-2H3,(H,29,33)(H,30,32). The molecular weight excluding hydrogens is 426 g/mol. The predicted octanol–water partition coefficient (Wildman–Crippen LogP) is 4.25. The van der Waals surface area contributed by atoms with E-state index in [1.807, 2.05) is 44.2 Å². The van der Waals surface area contributed by atoms with Crippen LogP contribution in [-0.2, 0) is 16.0 Å². The molecule has 0 bridgehead atoms. The highest BCUT2D eigenvalue weighted by atomic mass is 16.5. The van der Waals surface area contributed by atoms with Crippen molar-refractivity contribution in [1.29, 1.82) is 0 Å². The van der Waals surface area contributed by atoms with E-state index >= 15 is 0 Å². The maximum atomic E-state index is 13.2. The van der Waals surface area contributed by atoms with Gasteiger partial charge < -0.3 is 15.4 Å². The molecule has 2 N–H and O–H groups in total. The number of nitrogens with one attached hydrogen (secondary N) is 2. The molecule has 1 spiro atoms. The first-order valence-electron chi connectivity index (χ1n) is 12.5. The van der Waals surface area contributed by atoms with E-state index in [0.717, 1.165) is 74.2 Å². The van der Waals surface area contributed by atoms with Crippen molar-refractivity contribution in [3.05, 3.63) is 59.2 Å². The number of ether oxygens (including phenoxy) is 1. The molecule has 0 radical (unpaired) electrons. The lowest BCUT2D eigenvalue weighted by molar-refractivity contribution is -0.135. The largest absolute Gasteiger partial charge is 0.491 e. The third-order valence-corrected chi connectivity index (χ3v) is 7.30. The minimum Gasteiger partial charge on any atom is -0.491 e. The number of anilines is 1. The van der Waals surface area contributed by atoms with Gasteiger partial charge in [-0.25, -0.2) is 0 Å². The predicted molar refractivity (Wildman–Crippen MR) is 135 cm³/mol. The van der Waals surface area contributed by atoms with Crippen molar-refractivity contribution in [2.24, 2.45) is 5.41 Å². The van der Waals surface area contributed by atoms with E-state index in [9.17, 15) is 9.59 Å². The lowest BCUT2D eigenvalue weighted by atomic mass is 9.73. The number of rotatable bonds is 3. The number of amides is 2. The summed E-state index contributed by atoms with van der Waals surface area (Å²) < 4.78 is 5.94. The SMILES string of the molecule is Cc1ccc(C)c(NC(=O)CN2CCC3(CCCCc4ccccc4OCCNC3=O)CC2)c1.